The molecule has 3 rings (SSSR count). The summed E-state index contributed by atoms with van der Waals surface area (Å²) in [6.07, 6.45) is 1.66. The first kappa shape index (κ1) is 19.8. The van der Waals surface area contributed by atoms with Crippen LogP contribution in [0.3, 0.4) is 0 Å². The number of hydrogen-bond acceptors (Lipinski definition) is 5. The van der Waals surface area contributed by atoms with E-state index in [2.05, 4.69) is 15.9 Å². The Hall–Kier alpha value is -1.96. The third-order valence-electron chi connectivity index (χ3n) is 3.95. The summed E-state index contributed by atoms with van der Waals surface area (Å²) >= 11 is 10.5. The number of halogens is 2. The van der Waals surface area contributed by atoms with Crippen molar-refractivity contribution in [1.82, 2.24) is 4.90 Å². The molecule has 5 nitrogen and oxygen atoms in total. The van der Waals surface area contributed by atoms with Crippen molar-refractivity contribution in [2.75, 3.05) is 14.2 Å². The van der Waals surface area contributed by atoms with Gasteiger partial charge in [-0.1, -0.05) is 45.7 Å². The van der Waals surface area contributed by atoms with Crippen molar-refractivity contribution >= 4 is 56.5 Å². The van der Waals surface area contributed by atoms with Crippen LogP contribution in [0.4, 0.5) is 4.79 Å². The van der Waals surface area contributed by atoms with Crippen LogP contribution in [0.1, 0.15) is 11.1 Å². The van der Waals surface area contributed by atoms with E-state index in [4.69, 9.17) is 21.1 Å². The molecule has 0 aromatic heterocycles. The smallest absolute Gasteiger partial charge is 0.293 e. The summed E-state index contributed by atoms with van der Waals surface area (Å²) in [7, 11) is 3.08. The third kappa shape index (κ3) is 4.15. The second-order valence-electron chi connectivity index (χ2n) is 5.59. The van der Waals surface area contributed by atoms with Gasteiger partial charge < -0.3 is 9.47 Å². The molecule has 1 saturated heterocycles. The first-order valence-corrected chi connectivity index (χ1v) is 9.83. The van der Waals surface area contributed by atoms with Gasteiger partial charge in [0.2, 0.25) is 0 Å². The van der Waals surface area contributed by atoms with Crippen molar-refractivity contribution in [3.8, 4) is 11.5 Å². The predicted molar refractivity (Wildman–Crippen MR) is 110 cm³/mol. The third-order valence-corrected chi connectivity index (χ3v) is 5.91. The van der Waals surface area contributed by atoms with E-state index in [1.165, 1.54) is 12.0 Å². The number of benzene rings is 2. The summed E-state index contributed by atoms with van der Waals surface area (Å²) in [5.74, 6) is 0.738. The molecule has 2 aromatic carbocycles. The predicted octanol–water partition coefficient (Wildman–Crippen LogP) is 5.36. The van der Waals surface area contributed by atoms with E-state index in [1.807, 2.05) is 6.07 Å². The quantitative estimate of drug-likeness (QED) is 0.553. The fourth-order valence-corrected chi connectivity index (χ4v) is 4.02. The summed E-state index contributed by atoms with van der Waals surface area (Å²) in [5, 5.41) is 0.186. The van der Waals surface area contributed by atoms with Crippen molar-refractivity contribution in [1.29, 1.82) is 0 Å². The lowest BCUT2D eigenvalue weighted by atomic mass is 10.1. The number of carbonyl (C=O) groups excluding carboxylic acids is 2. The van der Waals surface area contributed by atoms with Crippen LogP contribution in [0.15, 0.2) is 45.8 Å². The molecule has 0 atom stereocenters. The van der Waals surface area contributed by atoms with E-state index in [9.17, 15) is 9.59 Å². The number of amides is 2. The van der Waals surface area contributed by atoms with Gasteiger partial charge in [0.05, 0.1) is 25.7 Å². The second-order valence-corrected chi connectivity index (χ2v) is 7.84. The maximum Gasteiger partial charge on any atom is 0.293 e. The van der Waals surface area contributed by atoms with Crippen molar-refractivity contribution in [2.45, 2.75) is 6.54 Å². The number of hydrogen-bond donors (Lipinski definition) is 0. The zero-order chi connectivity index (χ0) is 19.6. The van der Waals surface area contributed by atoms with Crippen LogP contribution >= 0.6 is 39.3 Å². The lowest BCUT2D eigenvalue weighted by Gasteiger charge is -2.13. The molecule has 0 unspecified atom stereocenters. The van der Waals surface area contributed by atoms with E-state index in [0.29, 0.717) is 27.0 Å². The summed E-state index contributed by atoms with van der Waals surface area (Å²) < 4.78 is 11.3. The standard InChI is InChI=1S/C19H15BrClNO4S/c1-25-15-7-12(13(20)9-16(15)26-2)8-17-18(23)22(19(24)27-17)10-11-5-3-4-6-14(11)21/h3-9H,10H2,1-2H3/b17-8-. The van der Waals surface area contributed by atoms with E-state index < -0.39 is 0 Å². The highest BCUT2D eigenvalue weighted by Crippen LogP contribution is 2.38. The molecule has 1 aliphatic heterocycles. The topological polar surface area (TPSA) is 55.8 Å². The summed E-state index contributed by atoms with van der Waals surface area (Å²) in [5.41, 5.74) is 1.42. The molecule has 2 amide bonds. The van der Waals surface area contributed by atoms with Crippen LogP contribution < -0.4 is 9.47 Å². The normalized spacial score (nSPS) is 15.6. The van der Waals surface area contributed by atoms with Crippen LogP contribution in [0.5, 0.6) is 11.5 Å². The van der Waals surface area contributed by atoms with Gasteiger partial charge in [0.15, 0.2) is 11.5 Å². The Morgan fingerprint density at radius 1 is 1.15 bits per heavy atom. The molecular formula is C19H15BrClNO4S. The Labute approximate surface area is 174 Å². The lowest BCUT2D eigenvalue weighted by Crippen LogP contribution is -2.27. The van der Waals surface area contributed by atoms with Crippen molar-refractivity contribution in [3.63, 3.8) is 0 Å². The van der Waals surface area contributed by atoms with Crippen LogP contribution in [0.25, 0.3) is 6.08 Å². The number of thioether (sulfide) groups is 1. The maximum atomic E-state index is 12.7. The molecular weight excluding hydrogens is 454 g/mol. The van der Waals surface area contributed by atoms with E-state index in [1.54, 1.807) is 43.5 Å². The van der Waals surface area contributed by atoms with E-state index >= 15 is 0 Å². The number of carbonyl (C=O) groups is 2. The lowest BCUT2D eigenvalue weighted by molar-refractivity contribution is -0.123. The Morgan fingerprint density at radius 3 is 2.48 bits per heavy atom. The monoisotopic (exact) mass is 467 g/mol. The summed E-state index contributed by atoms with van der Waals surface area (Å²) in [6.45, 7) is 0.134. The fourth-order valence-electron chi connectivity index (χ4n) is 2.56. The van der Waals surface area contributed by atoms with Gasteiger partial charge >= 0.3 is 0 Å². The molecule has 0 saturated carbocycles. The van der Waals surface area contributed by atoms with Gasteiger partial charge in [-0.3, -0.25) is 14.5 Å². The number of rotatable bonds is 5. The van der Waals surface area contributed by atoms with Crippen LogP contribution in [-0.4, -0.2) is 30.3 Å². The number of imide groups is 1. The molecule has 8 heteroatoms. The van der Waals surface area contributed by atoms with Gasteiger partial charge in [-0.05, 0) is 47.2 Å². The number of nitrogens with zero attached hydrogens (tertiary/aromatic N) is 1. The van der Waals surface area contributed by atoms with Gasteiger partial charge in [0, 0.05) is 9.50 Å². The van der Waals surface area contributed by atoms with Gasteiger partial charge in [-0.25, -0.2) is 0 Å². The van der Waals surface area contributed by atoms with Crippen molar-refractivity contribution in [2.24, 2.45) is 0 Å². The summed E-state index contributed by atoms with van der Waals surface area (Å²) in [6, 6.07) is 10.6. The minimum absolute atomic E-state index is 0.134. The molecule has 0 radical (unpaired) electrons. The highest BCUT2D eigenvalue weighted by molar-refractivity contribution is 9.10. The van der Waals surface area contributed by atoms with Crippen molar-refractivity contribution in [3.05, 3.63) is 61.9 Å². The zero-order valence-electron chi connectivity index (χ0n) is 14.5. The van der Waals surface area contributed by atoms with Gasteiger partial charge in [0.1, 0.15) is 0 Å². The molecule has 0 bridgehead atoms. The second kappa shape index (κ2) is 8.37. The highest BCUT2D eigenvalue weighted by atomic mass is 79.9. The molecule has 0 spiro atoms. The van der Waals surface area contributed by atoms with E-state index in [-0.39, 0.29) is 17.7 Å². The van der Waals surface area contributed by atoms with Gasteiger partial charge in [-0.2, -0.15) is 0 Å². The first-order valence-electron chi connectivity index (χ1n) is 7.85. The minimum atomic E-state index is -0.355. The molecule has 2 aromatic rings. The molecule has 140 valence electrons. The van der Waals surface area contributed by atoms with Crippen LogP contribution in [-0.2, 0) is 11.3 Å². The molecule has 1 aliphatic rings. The fraction of sp³-hybridized carbons (Fsp3) is 0.158. The van der Waals surface area contributed by atoms with Gasteiger partial charge in [0.25, 0.3) is 11.1 Å². The molecule has 1 heterocycles. The molecule has 0 aliphatic carbocycles. The Balaban J connectivity index is 1.90. The molecule has 27 heavy (non-hydrogen) atoms. The molecule has 0 N–H and O–H groups in total. The average Bonchev–Trinajstić information content (AvgIpc) is 2.92. The van der Waals surface area contributed by atoms with Crippen LogP contribution in [0, 0.1) is 0 Å². The average molecular weight is 469 g/mol. The Bertz CT molecular complexity index is 947. The Morgan fingerprint density at radius 2 is 1.81 bits per heavy atom. The largest absolute Gasteiger partial charge is 0.493 e. The first-order chi connectivity index (χ1) is 12.9. The Kier molecular flexibility index (Phi) is 6.14. The highest BCUT2D eigenvalue weighted by Gasteiger charge is 2.35. The molecule has 1 fully saturated rings. The van der Waals surface area contributed by atoms with E-state index in [0.717, 1.165) is 21.8 Å². The zero-order valence-corrected chi connectivity index (χ0v) is 17.7. The summed E-state index contributed by atoms with van der Waals surface area (Å²) in [4.78, 5) is 26.6. The minimum Gasteiger partial charge on any atom is -0.493 e. The maximum absolute atomic E-state index is 12.7. The SMILES string of the molecule is COc1cc(Br)c(/C=C2\SC(=O)N(Cc3ccccc3Cl)C2=O)cc1OC. The van der Waals surface area contributed by atoms with Crippen LogP contribution in [0.2, 0.25) is 5.02 Å². The van der Waals surface area contributed by atoms with Gasteiger partial charge in [-0.15, -0.1) is 0 Å². The number of methoxy groups -OCH3 is 2. The number of ether oxygens (including phenoxy) is 2. The van der Waals surface area contributed by atoms with Crippen molar-refractivity contribution < 1.29 is 19.1 Å².